The number of hydrogen-bond acceptors (Lipinski definition) is 3. The first-order valence-corrected chi connectivity index (χ1v) is 6.86. The summed E-state index contributed by atoms with van der Waals surface area (Å²) in [5.74, 6) is 0.0503. The maximum absolute atomic E-state index is 7.39. The first-order chi connectivity index (χ1) is 9.10. The number of methoxy groups -OCH3 is 1. The van der Waals surface area contributed by atoms with Crippen LogP contribution in [-0.4, -0.2) is 37.0 Å². The first-order valence-electron chi connectivity index (χ1n) is 6.48. The van der Waals surface area contributed by atoms with E-state index in [0.29, 0.717) is 16.7 Å². The van der Waals surface area contributed by atoms with Crippen molar-refractivity contribution in [1.29, 1.82) is 5.41 Å². The van der Waals surface area contributed by atoms with E-state index in [-0.39, 0.29) is 5.84 Å². The molecule has 1 saturated heterocycles. The minimum Gasteiger partial charge on any atom is -0.384 e. The molecule has 19 heavy (non-hydrogen) atoms. The van der Waals surface area contributed by atoms with Crippen LogP contribution in [0.3, 0.4) is 0 Å². The molecule has 5 heteroatoms. The second kappa shape index (κ2) is 6.37. The number of ether oxygens (including phenoxy) is 1. The molecule has 0 aliphatic carbocycles. The molecule has 0 radical (unpaired) electrons. The molecule has 0 bridgehead atoms. The predicted molar refractivity (Wildman–Crippen MR) is 77.8 cm³/mol. The van der Waals surface area contributed by atoms with Crippen molar-refractivity contribution in [3.8, 4) is 0 Å². The van der Waals surface area contributed by atoms with Gasteiger partial charge in [0.1, 0.15) is 5.84 Å². The number of likely N-dealkylation sites (tertiary alicyclic amines) is 1. The molecule has 1 aliphatic rings. The Kier molecular flexibility index (Phi) is 4.80. The highest BCUT2D eigenvalue weighted by atomic mass is 35.5. The Bertz CT molecular complexity index is 456. The Morgan fingerprint density at radius 1 is 1.47 bits per heavy atom. The van der Waals surface area contributed by atoms with Crippen LogP contribution in [0.5, 0.6) is 0 Å². The second-order valence-electron chi connectivity index (χ2n) is 4.93. The summed E-state index contributed by atoms with van der Waals surface area (Å²) >= 11 is 6.25. The Labute approximate surface area is 119 Å². The summed E-state index contributed by atoms with van der Waals surface area (Å²) in [7, 11) is 1.78. The first kappa shape index (κ1) is 14.3. The minimum absolute atomic E-state index is 0.0503. The number of hydrogen-bond donors (Lipinski definition) is 2. The highest BCUT2D eigenvalue weighted by Crippen LogP contribution is 2.22. The molecule has 1 aromatic rings. The van der Waals surface area contributed by atoms with E-state index in [9.17, 15) is 0 Å². The molecule has 104 valence electrons. The van der Waals surface area contributed by atoms with Crippen molar-refractivity contribution in [2.45, 2.75) is 25.5 Å². The molecule has 0 saturated carbocycles. The van der Waals surface area contributed by atoms with Crippen molar-refractivity contribution in [3.63, 3.8) is 0 Å². The average molecular weight is 282 g/mol. The van der Waals surface area contributed by atoms with E-state index in [2.05, 4.69) is 4.90 Å². The quantitative estimate of drug-likeness (QED) is 0.657. The topological polar surface area (TPSA) is 62.3 Å². The van der Waals surface area contributed by atoms with Crippen LogP contribution in [0, 0.1) is 5.41 Å². The summed E-state index contributed by atoms with van der Waals surface area (Å²) in [4.78, 5) is 2.38. The van der Waals surface area contributed by atoms with Gasteiger partial charge in [-0.3, -0.25) is 10.3 Å². The van der Waals surface area contributed by atoms with Crippen molar-refractivity contribution in [2.24, 2.45) is 5.73 Å². The molecular weight excluding hydrogens is 262 g/mol. The number of piperidine rings is 1. The minimum atomic E-state index is 0.0503. The monoisotopic (exact) mass is 281 g/mol. The van der Waals surface area contributed by atoms with E-state index in [1.807, 2.05) is 12.1 Å². The van der Waals surface area contributed by atoms with Gasteiger partial charge in [-0.25, -0.2) is 0 Å². The van der Waals surface area contributed by atoms with Gasteiger partial charge in [0.2, 0.25) is 0 Å². The van der Waals surface area contributed by atoms with Gasteiger partial charge >= 0.3 is 0 Å². The fourth-order valence-corrected chi connectivity index (χ4v) is 2.63. The molecule has 1 fully saturated rings. The van der Waals surface area contributed by atoms with Crippen molar-refractivity contribution in [3.05, 3.63) is 34.3 Å². The Morgan fingerprint density at radius 3 is 2.68 bits per heavy atom. The predicted octanol–water partition coefficient (Wildman–Crippen LogP) is 2.23. The summed E-state index contributed by atoms with van der Waals surface area (Å²) in [6.45, 7) is 2.90. The van der Waals surface area contributed by atoms with Gasteiger partial charge in [0.05, 0.1) is 6.10 Å². The van der Waals surface area contributed by atoms with Crippen LogP contribution < -0.4 is 5.73 Å². The summed E-state index contributed by atoms with van der Waals surface area (Å²) in [6, 6.07) is 5.58. The third kappa shape index (κ3) is 3.69. The molecule has 4 nitrogen and oxygen atoms in total. The number of benzene rings is 1. The number of halogens is 1. The van der Waals surface area contributed by atoms with Gasteiger partial charge in [-0.15, -0.1) is 0 Å². The average Bonchev–Trinajstić information content (AvgIpc) is 2.41. The summed E-state index contributed by atoms with van der Waals surface area (Å²) in [5.41, 5.74) is 7.21. The van der Waals surface area contributed by atoms with Crippen LogP contribution in [0.25, 0.3) is 0 Å². The lowest BCUT2D eigenvalue weighted by molar-refractivity contribution is 0.0389. The highest BCUT2D eigenvalue weighted by molar-refractivity contribution is 6.31. The maximum Gasteiger partial charge on any atom is 0.122 e. The van der Waals surface area contributed by atoms with Crippen molar-refractivity contribution in [1.82, 2.24) is 4.90 Å². The zero-order valence-electron chi connectivity index (χ0n) is 11.2. The maximum atomic E-state index is 7.39. The van der Waals surface area contributed by atoms with Crippen molar-refractivity contribution in [2.75, 3.05) is 20.2 Å². The van der Waals surface area contributed by atoms with Crippen molar-refractivity contribution >= 4 is 17.4 Å². The van der Waals surface area contributed by atoms with E-state index in [1.165, 1.54) is 0 Å². The lowest BCUT2D eigenvalue weighted by atomic mass is 10.1. The molecule has 0 amide bonds. The highest BCUT2D eigenvalue weighted by Gasteiger charge is 2.19. The smallest absolute Gasteiger partial charge is 0.122 e. The number of rotatable bonds is 4. The largest absolute Gasteiger partial charge is 0.384 e. The Morgan fingerprint density at radius 2 is 2.16 bits per heavy atom. The molecule has 2 rings (SSSR count). The molecule has 0 spiro atoms. The van der Waals surface area contributed by atoms with E-state index < -0.39 is 0 Å². The van der Waals surface area contributed by atoms with Crippen LogP contribution in [-0.2, 0) is 11.3 Å². The van der Waals surface area contributed by atoms with Gasteiger partial charge < -0.3 is 10.5 Å². The van der Waals surface area contributed by atoms with Crippen LogP contribution in [0.4, 0.5) is 0 Å². The Balaban J connectivity index is 1.98. The second-order valence-corrected chi connectivity index (χ2v) is 5.34. The van der Waals surface area contributed by atoms with Crippen LogP contribution in [0.2, 0.25) is 5.02 Å². The molecule has 1 heterocycles. The van der Waals surface area contributed by atoms with E-state index in [0.717, 1.165) is 38.0 Å². The van der Waals surface area contributed by atoms with E-state index >= 15 is 0 Å². The zero-order chi connectivity index (χ0) is 13.8. The van der Waals surface area contributed by atoms with E-state index in [1.54, 1.807) is 13.2 Å². The number of nitrogens with zero attached hydrogens (tertiary/aromatic N) is 1. The van der Waals surface area contributed by atoms with Gasteiger partial charge in [0.15, 0.2) is 0 Å². The zero-order valence-corrected chi connectivity index (χ0v) is 11.9. The molecule has 3 N–H and O–H groups in total. The molecular formula is C14H20ClN3O. The fraction of sp³-hybridized carbons (Fsp3) is 0.500. The summed E-state index contributed by atoms with van der Waals surface area (Å²) in [6.07, 6.45) is 2.53. The van der Waals surface area contributed by atoms with Gasteiger partial charge in [-0.2, -0.15) is 0 Å². The Hall–Kier alpha value is -1.10. The fourth-order valence-electron chi connectivity index (χ4n) is 2.39. The SMILES string of the molecule is COC1CCN(Cc2ccc(C(=N)N)cc2Cl)CC1. The van der Waals surface area contributed by atoms with Crippen LogP contribution >= 0.6 is 11.6 Å². The van der Waals surface area contributed by atoms with Gasteiger partial charge in [-0.1, -0.05) is 23.7 Å². The van der Waals surface area contributed by atoms with Crippen molar-refractivity contribution < 1.29 is 4.74 Å². The van der Waals surface area contributed by atoms with Crippen LogP contribution in [0.1, 0.15) is 24.0 Å². The lowest BCUT2D eigenvalue weighted by Crippen LogP contribution is -2.36. The van der Waals surface area contributed by atoms with Gasteiger partial charge in [0, 0.05) is 37.3 Å². The number of amidine groups is 1. The standard InChI is InChI=1S/C14H20ClN3O/c1-19-12-4-6-18(7-5-12)9-11-3-2-10(14(16)17)8-13(11)15/h2-3,8,12H,4-7,9H2,1H3,(H3,16,17). The van der Waals surface area contributed by atoms with E-state index in [4.69, 9.17) is 27.5 Å². The number of nitrogen functional groups attached to an aromatic ring is 1. The third-order valence-electron chi connectivity index (χ3n) is 3.63. The van der Waals surface area contributed by atoms with Gasteiger partial charge in [-0.05, 0) is 24.5 Å². The lowest BCUT2D eigenvalue weighted by Gasteiger charge is -2.31. The number of nitrogens with two attached hydrogens (primary N) is 1. The van der Waals surface area contributed by atoms with Gasteiger partial charge in [0.25, 0.3) is 0 Å². The third-order valence-corrected chi connectivity index (χ3v) is 3.98. The molecule has 0 atom stereocenters. The molecule has 1 aliphatic heterocycles. The molecule has 0 aromatic heterocycles. The van der Waals surface area contributed by atoms with Crippen LogP contribution in [0.15, 0.2) is 18.2 Å². The summed E-state index contributed by atoms with van der Waals surface area (Å²) < 4.78 is 5.37. The molecule has 0 unspecified atom stereocenters. The molecule has 1 aromatic carbocycles. The number of nitrogens with one attached hydrogen (secondary N) is 1. The normalized spacial score (nSPS) is 17.6. The summed E-state index contributed by atoms with van der Waals surface area (Å²) in [5, 5.41) is 8.08.